The van der Waals surface area contributed by atoms with Crippen LogP contribution < -0.4 is 10.2 Å². The maximum absolute atomic E-state index is 12.1. The molecule has 0 aromatic heterocycles. The van der Waals surface area contributed by atoms with E-state index in [0.717, 1.165) is 49.7 Å². The molecule has 1 aliphatic heterocycles. The SMILES string of the molecule is C[C@@H](C(=O)NC1CC1)N1CCN(c2cccc(Cl)c2)CC1. The fourth-order valence-electron chi connectivity index (χ4n) is 2.76. The van der Waals surface area contributed by atoms with Crippen LogP contribution in [0.5, 0.6) is 0 Å². The topological polar surface area (TPSA) is 35.6 Å². The van der Waals surface area contributed by atoms with Gasteiger partial charge in [-0.2, -0.15) is 0 Å². The largest absolute Gasteiger partial charge is 0.369 e. The zero-order valence-electron chi connectivity index (χ0n) is 12.4. The Kier molecular flexibility index (Phi) is 4.36. The maximum Gasteiger partial charge on any atom is 0.237 e. The quantitative estimate of drug-likeness (QED) is 0.925. The van der Waals surface area contributed by atoms with Crippen LogP contribution in [-0.2, 0) is 4.79 Å². The number of benzene rings is 1. The molecule has 114 valence electrons. The molecule has 3 rings (SSSR count). The number of nitrogens with zero attached hydrogens (tertiary/aromatic N) is 2. The molecule has 1 N–H and O–H groups in total. The Hall–Kier alpha value is -1.26. The monoisotopic (exact) mass is 307 g/mol. The fraction of sp³-hybridized carbons (Fsp3) is 0.562. The van der Waals surface area contributed by atoms with Gasteiger partial charge in [-0.15, -0.1) is 0 Å². The number of carbonyl (C=O) groups is 1. The van der Waals surface area contributed by atoms with Crippen LogP contribution in [-0.4, -0.2) is 49.1 Å². The first-order valence-electron chi connectivity index (χ1n) is 7.68. The van der Waals surface area contributed by atoms with Crippen molar-refractivity contribution in [1.29, 1.82) is 0 Å². The second-order valence-electron chi connectivity index (χ2n) is 5.96. The van der Waals surface area contributed by atoms with Crippen LogP contribution in [0.4, 0.5) is 5.69 Å². The van der Waals surface area contributed by atoms with E-state index in [4.69, 9.17) is 11.6 Å². The zero-order valence-corrected chi connectivity index (χ0v) is 13.1. The third-order valence-electron chi connectivity index (χ3n) is 4.34. The number of hydrogen-bond donors (Lipinski definition) is 1. The molecule has 1 heterocycles. The van der Waals surface area contributed by atoms with Crippen molar-refractivity contribution >= 4 is 23.2 Å². The highest BCUT2D eigenvalue weighted by Gasteiger charge is 2.29. The van der Waals surface area contributed by atoms with Crippen molar-refractivity contribution < 1.29 is 4.79 Å². The highest BCUT2D eigenvalue weighted by atomic mass is 35.5. The summed E-state index contributed by atoms with van der Waals surface area (Å²) in [6, 6.07) is 8.37. The minimum atomic E-state index is -0.0351. The van der Waals surface area contributed by atoms with E-state index in [0.29, 0.717) is 6.04 Å². The molecule has 0 radical (unpaired) electrons. The van der Waals surface area contributed by atoms with E-state index in [1.54, 1.807) is 0 Å². The van der Waals surface area contributed by atoms with Gasteiger partial charge in [-0.25, -0.2) is 0 Å². The van der Waals surface area contributed by atoms with E-state index in [2.05, 4.69) is 21.2 Å². The average molecular weight is 308 g/mol. The Morgan fingerprint density at radius 1 is 1.29 bits per heavy atom. The Morgan fingerprint density at radius 3 is 2.62 bits per heavy atom. The van der Waals surface area contributed by atoms with Crippen molar-refractivity contribution in [3.63, 3.8) is 0 Å². The van der Waals surface area contributed by atoms with Crippen molar-refractivity contribution in [3.05, 3.63) is 29.3 Å². The molecule has 0 bridgehead atoms. The second-order valence-corrected chi connectivity index (χ2v) is 6.40. The molecule has 2 fully saturated rings. The van der Waals surface area contributed by atoms with Gasteiger partial charge in [0.1, 0.15) is 0 Å². The molecule has 1 atom stereocenters. The van der Waals surface area contributed by atoms with Crippen molar-refractivity contribution in [2.75, 3.05) is 31.1 Å². The van der Waals surface area contributed by atoms with Gasteiger partial charge in [-0.05, 0) is 38.0 Å². The summed E-state index contributed by atoms with van der Waals surface area (Å²) in [5.74, 6) is 0.175. The molecular weight excluding hydrogens is 286 g/mol. The highest BCUT2D eigenvalue weighted by Crippen LogP contribution is 2.22. The summed E-state index contributed by atoms with van der Waals surface area (Å²) in [4.78, 5) is 16.7. The van der Waals surface area contributed by atoms with Gasteiger partial charge in [-0.3, -0.25) is 9.69 Å². The number of anilines is 1. The first kappa shape index (κ1) is 14.7. The molecule has 4 nitrogen and oxygen atoms in total. The molecule has 5 heteroatoms. The van der Waals surface area contributed by atoms with Crippen LogP contribution in [0.3, 0.4) is 0 Å². The van der Waals surface area contributed by atoms with E-state index in [9.17, 15) is 4.79 Å². The van der Waals surface area contributed by atoms with Gasteiger partial charge >= 0.3 is 0 Å². The molecule has 2 aliphatic rings. The van der Waals surface area contributed by atoms with Crippen LogP contribution in [0.1, 0.15) is 19.8 Å². The number of amides is 1. The van der Waals surface area contributed by atoms with Gasteiger partial charge in [0, 0.05) is 42.9 Å². The molecule has 1 amide bonds. The summed E-state index contributed by atoms with van der Waals surface area (Å²) in [6.07, 6.45) is 2.28. The molecular formula is C16H22ClN3O. The van der Waals surface area contributed by atoms with E-state index < -0.39 is 0 Å². The number of nitrogens with one attached hydrogen (secondary N) is 1. The summed E-state index contributed by atoms with van der Waals surface area (Å²) in [5.41, 5.74) is 1.16. The number of carbonyl (C=O) groups excluding carboxylic acids is 1. The molecule has 0 unspecified atom stereocenters. The lowest BCUT2D eigenvalue weighted by Gasteiger charge is -2.38. The molecule has 1 aromatic rings. The summed E-state index contributed by atoms with van der Waals surface area (Å²) in [5, 5.41) is 3.86. The average Bonchev–Trinajstić information content (AvgIpc) is 3.30. The minimum Gasteiger partial charge on any atom is -0.369 e. The number of rotatable bonds is 4. The number of hydrogen-bond acceptors (Lipinski definition) is 3. The van der Waals surface area contributed by atoms with Crippen LogP contribution in [0, 0.1) is 0 Å². The van der Waals surface area contributed by atoms with Gasteiger partial charge in [0.25, 0.3) is 0 Å². The van der Waals surface area contributed by atoms with Crippen molar-refractivity contribution in [1.82, 2.24) is 10.2 Å². The molecule has 21 heavy (non-hydrogen) atoms. The lowest BCUT2D eigenvalue weighted by atomic mass is 10.2. The van der Waals surface area contributed by atoms with Crippen LogP contribution >= 0.6 is 11.6 Å². The van der Waals surface area contributed by atoms with E-state index in [-0.39, 0.29) is 11.9 Å². The standard InChI is InChI=1S/C16H22ClN3O/c1-12(16(21)18-14-5-6-14)19-7-9-20(10-8-19)15-4-2-3-13(17)11-15/h2-4,11-12,14H,5-10H2,1H3,(H,18,21)/t12-/m0/s1. The predicted molar refractivity (Wildman–Crippen MR) is 85.9 cm³/mol. The lowest BCUT2D eigenvalue weighted by molar-refractivity contribution is -0.126. The number of piperazine rings is 1. The van der Waals surface area contributed by atoms with Gasteiger partial charge in [-0.1, -0.05) is 17.7 Å². The summed E-state index contributed by atoms with van der Waals surface area (Å²) in [6.45, 7) is 5.69. The third kappa shape index (κ3) is 3.69. The van der Waals surface area contributed by atoms with Crippen molar-refractivity contribution in [2.24, 2.45) is 0 Å². The fourth-order valence-corrected chi connectivity index (χ4v) is 2.94. The van der Waals surface area contributed by atoms with E-state index in [1.165, 1.54) is 0 Å². The Balaban J connectivity index is 1.53. The van der Waals surface area contributed by atoms with Crippen molar-refractivity contribution in [3.8, 4) is 0 Å². The normalized spacial score (nSPS) is 21.1. The third-order valence-corrected chi connectivity index (χ3v) is 4.57. The first-order chi connectivity index (χ1) is 10.1. The zero-order chi connectivity index (χ0) is 14.8. The van der Waals surface area contributed by atoms with Gasteiger partial charge in [0.15, 0.2) is 0 Å². The second kappa shape index (κ2) is 6.24. The maximum atomic E-state index is 12.1. The summed E-state index contributed by atoms with van der Waals surface area (Å²) in [7, 11) is 0. The minimum absolute atomic E-state index is 0.0351. The number of halogens is 1. The molecule has 1 aromatic carbocycles. The summed E-state index contributed by atoms with van der Waals surface area (Å²) >= 11 is 6.05. The van der Waals surface area contributed by atoms with Crippen LogP contribution in [0.15, 0.2) is 24.3 Å². The first-order valence-corrected chi connectivity index (χ1v) is 8.06. The van der Waals surface area contributed by atoms with Gasteiger partial charge in [0.2, 0.25) is 5.91 Å². The van der Waals surface area contributed by atoms with E-state index >= 15 is 0 Å². The Morgan fingerprint density at radius 2 is 2.00 bits per heavy atom. The Labute approximate surface area is 131 Å². The van der Waals surface area contributed by atoms with Crippen LogP contribution in [0.25, 0.3) is 0 Å². The van der Waals surface area contributed by atoms with Gasteiger partial charge in [0.05, 0.1) is 6.04 Å². The lowest BCUT2D eigenvalue weighted by Crippen LogP contribution is -2.54. The predicted octanol–water partition coefficient (Wildman–Crippen LogP) is 2.13. The molecule has 0 spiro atoms. The Bertz CT molecular complexity index is 510. The van der Waals surface area contributed by atoms with E-state index in [1.807, 2.05) is 25.1 Å². The van der Waals surface area contributed by atoms with Gasteiger partial charge < -0.3 is 10.2 Å². The highest BCUT2D eigenvalue weighted by molar-refractivity contribution is 6.30. The van der Waals surface area contributed by atoms with Crippen molar-refractivity contribution in [2.45, 2.75) is 31.8 Å². The molecule has 1 saturated carbocycles. The van der Waals surface area contributed by atoms with Crippen LogP contribution in [0.2, 0.25) is 5.02 Å². The summed E-state index contributed by atoms with van der Waals surface area (Å²) < 4.78 is 0. The molecule has 1 saturated heterocycles. The molecule has 1 aliphatic carbocycles. The smallest absolute Gasteiger partial charge is 0.237 e.